The van der Waals surface area contributed by atoms with Gasteiger partial charge >= 0.3 is 0 Å². The van der Waals surface area contributed by atoms with Crippen LogP contribution >= 0.6 is 11.6 Å². The van der Waals surface area contributed by atoms with Gasteiger partial charge in [-0.2, -0.15) is 0 Å². The molecular formula is C15H15ClO. The van der Waals surface area contributed by atoms with E-state index in [2.05, 4.69) is 6.92 Å². The lowest BCUT2D eigenvalue weighted by Gasteiger charge is -2.24. The van der Waals surface area contributed by atoms with E-state index in [1.165, 1.54) is 5.57 Å². The van der Waals surface area contributed by atoms with E-state index in [9.17, 15) is 4.79 Å². The molecule has 1 fully saturated rings. The number of allylic oxidation sites excluding steroid dienone is 2. The van der Waals surface area contributed by atoms with Crippen molar-refractivity contribution in [3.05, 3.63) is 40.9 Å². The summed E-state index contributed by atoms with van der Waals surface area (Å²) >= 11 is 5.90. The van der Waals surface area contributed by atoms with Crippen LogP contribution in [0.3, 0.4) is 0 Å². The molecule has 1 nitrogen and oxygen atoms in total. The average Bonchev–Trinajstić information content (AvgIpc) is 2.79. The highest BCUT2D eigenvalue weighted by Crippen LogP contribution is 2.54. The zero-order valence-corrected chi connectivity index (χ0v) is 10.6. The van der Waals surface area contributed by atoms with Gasteiger partial charge in [0.05, 0.1) is 0 Å². The van der Waals surface area contributed by atoms with Gasteiger partial charge in [0.25, 0.3) is 0 Å². The van der Waals surface area contributed by atoms with Crippen LogP contribution in [-0.2, 0) is 4.79 Å². The number of carbonyl (C=O) groups is 1. The van der Waals surface area contributed by atoms with Crippen molar-refractivity contribution in [2.75, 3.05) is 0 Å². The van der Waals surface area contributed by atoms with E-state index in [1.807, 2.05) is 30.3 Å². The Morgan fingerprint density at radius 3 is 2.71 bits per heavy atom. The van der Waals surface area contributed by atoms with Crippen molar-refractivity contribution in [3.63, 3.8) is 0 Å². The van der Waals surface area contributed by atoms with Crippen LogP contribution in [0.1, 0.15) is 31.7 Å². The Bertz CT molecular complexity index is 500. The molecule has 0 spiro atoms. The maximum atomic E-state index is 12.1. The van der Waals surface area contributed by atoms with Crippen LogP contribution in [0.15, 0.2) is 30.3 Å². The molecule has 88 valence electrons. The first-order valence-electron chi connectivity index (χ1n) is 6.13. The molecule has 0 aromatic heterocycles. The SMILES string of the molecule is C[C@@]12CCC[C@@H]1C(c1ccc(Cl)cc1)=CC2=O. The molecule has 0 saturated heterocycles. The normalized spacial score (nSPS) is 31.5. The van der Waals surface area contributed by atoms with E-state index >= 15 is 0 Å². The Hall–Kier alpha value is -1.08. The lowest BCUT2D eigenvalue weighted by molar-refractivity contribution is -0.122. The average molecular weight is 247 g/mol. The molecule has 2 atom stereocenters. The molecule has 2 aliphatic rings. The van der Waals surface area contributed by atoms with Crippen molar-refractivity contribution in [1.82, 2.24) is 0 Å². The number of rotatable bonds is 1. The molecule has 3 rings (SSSR count). The predicted octanol–water partition coefficient (Wildman–Crippen LogP) is 4.11. The number of ketones is 1. The molecule has 0 bridgehead atoms. The highest BCUT2D eigenvalue weighted by atomic mass is 35.5. The Morgan fingerprint density at radius 1 is 1.29 bits per heavy atom. The standard InChI is InChI=1S/C15H15ClO/c1-15-8-2-3-13(15)12(9-14(15)17)10-4-6-11(16)7-5-10/h4-7,9,13H,2-3,8H2,1H3/t13-,15-/m1/s1. The van der Waals surface area contributed by atoms with Gasteiger partial charge in [0.2, 0.25) is 0 Å². The molecule has 1 saturated carbocycles. The van der Waals surface area contributed by atoms with Crippen LogP contribution in [0, 0.1) is 11.3 Å². The van der Waals surface area contributed by atoms with Crippen LogP contribution in [0.4, 0.5) is 0 Å². The highest BCUT2D eigenvalue weighted by molar-refractivity contribution is 6.30. The summed E-state index contributed by atoms with van der Waals surface area (Å²) in [6.45, 7) is 2.12. The van der Waals surface area contributed by atoms with E-state index in [4.69, 9.17) is 11.6 Å². The maximum absolute atomic E-state index is 12.1. The summed E-state index contributed by atoms with van der Waals surface area (Å²) in [5, 5.41) is 0.743. The fourth-order valence-electron chi connectivity index (χ4n) is 3.29. The first-order chi connectivity index (χ1) is 8.11. The van der Waals surface area contributed by atoms with Crippen molar-refractivity contribution >= 4 is 23.0 Å². The molecule has 0 aliphatic heterocycles. The molecule has 0 radical (unpaired) electrons. The molecule has 0 amide bonds. The van der Waals surface area contributed by atoms with Crippen molar-refractivity contribution < 1.29 is 4.79 Å². The van der Waals surface area contributed by atoms with E-state index in [0.29, 0.717) is 11.7 Å². The second-order valence-electron chi connectivity index (χ2n) is 5.33. The van der Waals surface area contributed by atoms with E-state index in [1.54, 1.807) is 0 Å². The molecule has 0 unspecified atom stereocenters. The number of halogens is 1. The van der Waals surface area contributed by atoms with Crippen LogP contribution < -0.4 is 0 Å². The van der Waals surface area contributed by atoms with Gasteiger partial charge in [-0.15, -0.1) is 0 Å². The third-order valence-electron chi connectivity index (χ3n) is 4.36. The molecule has 17 heavy (non-hydrogen) atoms. The van der Waals surface area contributed by atoms with Crippen LogP contribution in [0.2, 0.25) is 5.02 Å². The maximum Gasteiger partial charge on any atom is 0.162 e. The summed E-state index contributed by atoms with van der Waals surface area (Å²) in [4.78, 5) is 12.1. The molecule has 2 aliphatic carbocycles. The molecule has 1 aromatic carbocycles. The lowest BCUT2D eigenvalue weighted by atomic mass is 9.78. The van der Waals surface area contributed by atoms with Crippen LogP contribution in [0.5, 0.6) is 0 Å². The fraction of sp³-hybridized carbons (Fsp3) is 0.400. The quantitative estimate of drug-likeness (QED) is 0.729. The third kappa shape index (κ3) is 1.56. The number of hydrogen-bond acceptors (Lipinski definition) is 1. The molecule has 0 N–H and O–H groups in total. The molecular weight excluding hydrogens is 232 g/mol. The van der Waals surface area contributed by atoms with Crippen molar-refractivity contribution in [2.45, 2.75) is 26.2 Å². The number of carbonyl (C=O) groups excluding carboxylic acids is 1. The summed E-state index contributed by atoms with van der Waals surface area (Å²) in [6.07, 6.45) is 5.19. The first-order valence-corrected chi connectivity index (χ1v) is 6.51. The smallest absolute Gasteiger partial charge is 0.162 e. The minimum Gasteiger partial charge on any atom is -0.294 e. The minimum atomic E-state index is -0.130. The molecule has 1 aromatic rings. The second kappa shape index (κ2) is 3.71. The summed E-state index contributed by atoms with van der Waals surface area (Å²) in [6, 6.07) is 7.83. The van der Waals surface area contributed by atoms with E-state index in [0.717, 1.165) is 29.8 Å². The first kappa shape index (κ1) is 11.0. The monoisotopic (exact) mass is 246 g/mol. The van der Waals surface area contributed by atoms with Gasteiger partial charge < -0.3 is 0 Å². The van der Waals surface area contributed by atoms with E-state index in [-0.39, 0.29) is 5.41 Å². The third-order valence-corrected chi connectivity index (χ3v) is 4.61. The lowest BCUT2D eigenvalue weighted by Crippen LogP contribution is -2.25. The van der Waals surface area contributed by atoms with Gasteiger partial charge in [-0.05, 0) is 48.1 Å². The zero-order chi connectivity index (χ0) is 12.0. The molecule has 2 heteroatoms. The number of hydrogen-bond donors (Lipinski definition) is 0. The highest BCUT2D eigenvalue weighted by Gasteiger charge is 2.49. The fourth-order valence-corrected chi connectivity index (χ4v) is 3.42. The number of benzene rings is 1. The number of fused-ring (bicyclic) bond motifs is 1. The topological polar surface area (TPSA) is 17.1 Å². The summed E-state index contributed by atoms with van der Waals surface area (Å²) in [5.74, 6) is 0.723. The zero-order valence-electron chi connectivity index (χ0n) is 9.87. The molecule has 0 heterocycles. The minimum absolute atomic E-state index is 0.130. The van der Waals surface area contributed by atoms with Gasteiger partial charge in [0.1, 0.15) is 0 Å². The van der Waals surface area contributed by atoms with E-state index < -0.39 is 0 Å². The second-order valence-corrected chi connectivity index (χ2v) is 5.77. The van der Waals surface area contributed by atoms with Gasteiger partial charge in [-0.3, -0.25) is 4.79 Å². The van der Waals surface area contributed by atoms with Gasteiger partial charge in [-0.1, -0.05) is 37.1 Å². The summed E-state index contributed by atoms with van der Waals surface area (Å²) in [7, 11) is 0. The van der Waals surface area contributed by atoms with Crippen LogP contribution in [-0.4, -0.2) is 5.78 Å². The summed E-state index contributed by atoms with van der Waals surface area (Å²) < 4.78 is 0. The Labute approximate surface area is 106 Å². The Balaban J connectivity index is 2.02. The van der Waals surface area contributed by atoms with Crippen molar-refractivity contribution in [1.29, 1.82) is 0 Å². The Morgan fingerprint density at radius 2 is 2.00 bits per heavy atom. The van der Waals surface area contributed by atoms with Gasteiger partial charge in [0, 0.05) is 10.4 Å². The van der Waals surface area contributed by atoms with Crippen molar-refractivity contribution in [2.24, 2.45) is 11.3 Å². The van der Waals surface area contributed by atoms with Gasteiger partial charge in [-0.25, -0.2) is 0 Å². The Kier molecular flexibility index (Phi) is 2.41. The van der Waals surface area contributed by atoms with Gasteiger partial charge in [0.15, 0.2) is 5.78 Å². The van der Waals surface area contributed by atoms with Crippen molar-refractivity contribution in [3.8, 4) is 0 Å². The van der Waals surface area contributed by atoms with Crippen LogP contribution in [0.25, 0.3) is 5.57 Å². The largest absolute Gasteiger partial charge is 0.294 e. The predicted molar refractivity (Wildman–Crippen MR) is 69.9 cm³/mol. The summed E-state index contributed by atoms with van der Waals surface area (Å²) in [5.41, 5.74) is 2.24.